The van der Waals surface area contributed by atoms with Gasteiger partial charge in [0.1, 0.15) is 6.33 Å². The van der Waals surface area contributed by atoms with Crippen molar-refractivity contribution >= 4 is 0 Å². The molecular weight excluding hydrogens is 210 g/mol. The molecule has 2 N–H and O–H groups in total. The first-order valence-corrected chi connectivity index (χ1v) is 6.81. The quantitative estimate of drug-likeness (QED) is 0.869. The van der Waals surface area contributed by atoms with Crippen molar-refractivity contribution in [2.45, 2.75) is 51.5 Å². The van der Waals surface area contributed by atoms with E-state index in [0.29, 0.717) is 5.92 Å². The Labute approximate surface area is 104 Å². The molecule has 0 aliphatic heterocycles. The minimum atomic E-state index is 0.124. The van der Waals surface area contributed by atoms with E-state index in [1.807, 2.05) is 12.4 Å². The lowest BCUT2D eigenvalue weighted by atomic mass is 9.76. The van der Waals surface area contributed by atoms with Gasteiger partial charge in [-0.3, -0.25) is 0 Å². The van der Waals surface area contributed by atoms with Crippen LogP contribution < -0.4 is 5.73 Å². The zero-order valence-corrected chi connectivity index (χ0v) is 10.7. The number of aromatic nitrogens is 2. The monoisotopic (exact) mass is 233 g/mol. The van der Waals surface area contributed by atoms with Crippen molar-refractivity contribution < 1.29 is 0 Å². The van der Waals surface area contributed by atoms with Crippen LogP contribution in [0, 0.1) is 11.8 Å². The molecule has 0 saturated heterocycles. The number of hydrogen-bond donors (Lipinski definition) is 1. The Kier molecular flexibility index (Phi) is 4.49. The van der Waals surface area contributed by atoms with Gasteiger partial charge in [-0.2, -0.15) is 0 Å². The first-order valence-electron chi connectivity index (χ1n) is 6.81. The van der Waals surface area contributed by atoms with Crippen molar-refractivity contribution in [3.8, 4) is 0 Å². The molecule has 0 radical (unpaired) electrons. The molecule has 94 valence electrons. The highest BCUT2D eigenvalue weighted by Gasteiger charge is 2.26. The van der Waals surface area contributed by atoms with Gasteiger partial charge in [-0.1, -0.05) is 32.6 Å². The second kappa shape index (κ2) is 6.10. The Bertz CT molecular complexity index is 317. The summed E-state index contributed by atoms with van der Waals surface area (Å²) in [6.45, 7) is 2.28. The molecule has 1 atom stereocenters. The largest absolute Gasteiger partial charge is 0.324 e. The zero-order valence-electron chi connectivity index (χ0n) is 10.7. The summed E-state index contributed by atoms with van der Waals surface area (Å²) in [6.07, 6.45) is 13.2. The van der Waals surface area contributed by atoms with E-state index < -0.39 is 0 Å². The first kappa shape index (κ1) is 12.5. The summed E-state index contributed by atoms with van der Waals surface area (Å²) in [5.41, 5.74) is 7.40. The Morgan fingerprint density at radius 2 is 1.88 bits per heavy atom. The summed E-state index contributed by atoms with van der Waals surface area (Å²) in [6, 6.07) is 0.124. The second-order valence-corrected chi connectivity index (χ2v) is 5.27. The molecule has 17 heavy (non-hydrogen) atoms. The van der Waals surface area contributed by atoms with Crippen molar-refractivity contribution in [3.05, 3.63) is 24.3 Å². The van der Waals surface area contributed by atoms with E-state index in [1.165, 1.54) is 38.5 Å². The van der Waals surface area contributed by atoms with E-state index in [4.69, 9.17) is 5.73 Å². The highest BCUT2D eigenvalue weighted by molar-refractivity contribution is 5.10. The summed E-state index contributed by atoms with van der Waals surface area (Å²) in [7, 11) is 0. The van der Waals surface area contributed by atoms with Gasteiger partial charge in [-0.25, -0.2) is 9.97 Å². The summed E-state index contributed by atoms with van der Waals surface area (Å²) in [5, 5.41) is 0. The Hall–Kier alpha value is -0.960. The van der Waals surface area contributed by atoms with E-state index in [9.17, 15) is 0 Å². The van der Waals surface area contributed by atoms with Gasteiger partial charge in [0, 0.05) is 24.0 Å². The van der Waals surface area contributed by atoms with Gasteiger partial charge in [-0.15, -0.1) is 0 Å². The molecule has 1 aromatic heterocycles. The first-order chi connectivity index (χ1) is 8.31. The molecule has 2 rings (SSSR count). The van der Waals surface area contributed by atoms with Gasteiger partial charge in [0.2, 0.25) is 0 Å². The van der Waals surface area contributed by atoms with Crippen LogP contribution in [0.3, 0.4) is 0 Å². The van der Waals surface area contributed by atoms with Crippen LogP contribution in [0.25, 0.3) is 0 Å². The van der Waals surface area contributed by atoms with Crippen LogP contribution in [-0.2, 0) is 0 Å². The molecule has 1 saturated carbocycles. The number of hydrogen-bond acceptors (Lipinski definition) is 3. The lowest BCUT2D eigenvalue weighted by Crippen LogP contribution is -2.26. The van der Waals surface area contributed by atoms with Gasteiger partial charge in [0.05, 0.1) is 0 Å². The van der Waals surface area contributed by atoms with Gasteiger partial charge < -0.3 is 5.73 Å². The van der Waals surface area contributed by atoms with E-state index >= 15 is 0 Å². The predicted molar refractivity (Wildman–Crippen MR) is 69.3 cm³/mol. The second-order valence-electron chi connectivity index (χ2n) is 5.27. The van der Waals surface area contributed by atoms with Gasteiger partial charge in [0.25, 0.3) is 0 Å². The highest BCUT2D eigenvalue weighted by Crippen LogP contribution is 2.36. The minimum absolute atomic E-state index is 0.124. The fourth-order valence-corrected chi connectivity index (χ4v) is 3.00. The lowest BCUT2D eigenvalue weighted by Gasteiger charge is -2.32. The van der Waals surface area contributed by atoms with Crippen LogP contribution >= 0.6 is 0 Å². The van der Waals surface area contributed by atoms with Crippen LogP contribution in [0.1, 0.15) is 57.1 Å². The molecule has 0 amide bonds. The van der Waals surface area contributed by atoms with E-state index in [1.54, 1.807) is 6.33 Å². The molecule has 3 heteroatoms. The standard InChI is InChI=1S/C14H23N3/c1-2-3-11-4-6-12(7-5-11)14(15)13-8-16-10-17-9-13/h8-12,14H,2-7,15H2,1H3. The number of nitrogens with two attached hydrogens (primary N) is 1. The maximum Gasteiger partial charge on any atom is 0.115 e. The average molecular weight is 233 g/mol. The van der Waals surface area contributed by atoms with Crippen molar-refractivity contribution in [2.24, 2.45) is 17.6 Å². The Morgan fingerprint density at radius 1 is 1.24 bits per heavy atom. The molecule has 3 nitrogen and oxygen atoms in total. The van der Waals surface area contributed by atoms with Gasteiger partial charge in [-0.05, 0) is 24.7 Å². The Balaban J connectivity index is 1.88. The normalized spacial score (nSPS) is 26.7. The molecule has 0 spiro atoms. The average Bonchev–Trinajstić information content (AvgIpc) is 2.40. The van der Waals surface area contributed by atoms with E-state index in [2.05, 4.69) is 16.9 Å². The van der Waals surface area contributed by atoms with Gasteiger partial charge >= 0.3 is 0 Å². The maximum absolute atomic E-state index is 6.31. The third-order valence-corrected chi connectivity index (χ3v) is 4.06. The van der Waals surface area contributed by atoms with Crippen LogP contribution in [0.4, 0.5) is 0 Å². The molecular formula is C14H23N3. The predicted octanol–water partition coefficient (Wildman–Crippen LogP) is 3.08. The van der Waals surface area contributed by atoms with Crippen molar-refractivity contribution in [1.82, 2.24) is 9.97 Å². The van der Waals surface area contributed by atoms with Crippen molar-refractivity contribution in [2.75, 3.05) is 0 Å². The number of rotatable bonds is 4. The fraction of sp³-hybridized carbons (Fsp3) is 0.714. The Morgan fingerprint density at radius 3 is 2.47 bits per heavy atom. The molecule has 1 aromatic rings. The van der Waals surface area contributed by atoms with Crippen LogP contribution in [0.2, 0.25) is 0 Å². The molecule has 0 aromatic carbocycles. The number of nitrogens with zero attached hydrogens (tertiary/aromatic N) is 2. The van der Waals surface area contributed by atoms with Gasteiger partial charge in [0.15, 0.2) is 0 Å². The van der Waals surface area contributed by atoms with E-state index in [0.717, 1.165) is 11.5 Å². The summed E-state index contributed by atoms with van der Waals surface area (Å²) in [5.74, 6) is 1.56. The van der Waals surface area contributed by atoms with Crippen molar-refractivity contribution in [1.29, 1.82) is 0 Å². The topological polar surface area (TPSA) is 51.8 Å². The minimum Gasteiger partial charge on any atom is -0.324 e. The molecule has 1 heterocycles. The van der Waals surface area contributed by atoms with E-state index in [-0.39, 0.29) is 6.04 Å². The molecule has 1 fully saturated rings. The van der Waals surface area contributed by atoms with Crippen LogP contribution in [0.15, 0.2) is 18.7 Å². The molecule has 1 unspecified atom stereocenters. The summed E-state index contributed by atoms with van der Waals surface area (Å²) >= 11 is 0. The smallest absolute Gasteiger partial charge is 0.115 e. The third kappa shape index (κ3) is 3.25. The van der Waals surface area contributed by atoms with Crippen molar-refractivity contribution in [3.63, 3.8) is 0 Å². The summed E-state index contributed by atoms with van der Waals surface area (Å²) < 4.78 is 0. The SMILES string of the molecule is CCCC1CCC(C(N)c2cncnc2)CC1. The third-order valence-electron chi connectivity index (χ3n) is 4.06. The lowest BCUT2D eigenvalue weighted by molar-refractivity contribution is 0.234. The molecule has 1 aliphatic rings. The molecule has 0 bridgehead atoms. The van der Waals surface area contributed by atoms with Crippen LogP contribution in [-0.4, -0.2) is 9.97 Å². The fourth-order valence-electron chi connectivity index (χ4n) is 3.00. The molecule has 1 aliphatic carbocycles. The summed E-state index contributed by atoms with van der Waals surface area (Å²) in [4.78, 5) is 8.11. The highest BCUT2D eigenvalue weighted by atomic mass is 14.8. The zero-order chi connectivity index (χ0) is 12.1. The van der Waals surface area contributed by atoms with Crippen LogP contribution in [0.5, 0.6) is 0 Å². The maximum atomic E-state index is 6.31.